The summed E-state index contributed by atoms with van der Waals surface area (Å²) in [5.74, 6) is 8.32. The van der Waals surface area contributed by atoms with E-state index in [4.69, 9.17) is 56.8 Å². The summed E-state index contributed by atoms with van der Waals surface area (Å²) in [6, 6.07) is 45.0. The lowest BCUT2D eigenvalue weighted by atomic mass is 10.2. The summed E-state index contributed by atoms with van der Waals surface area (Å²) in [6.45, 7) is 3.45. The monoisotopic (exact) mass is 810 g/mol. The summed E-state index contributed by atoms with van der Waals surface area (Å²) < 4.78 is 70.0. The summed E-state index contributed by atoms with van der Waals surface area (Å²) in [6.07, 6.45) is 0.262. The number of benzene rings is 6. The molecule has 0 saturated carbocycles. The van der Waals surface area contributed by atoms with E-state index in [2.05, 4.69) is 0 Å². The van der Waals surface area contributed by atoms with Crippen LogP contribution in [0.25, 0.3) is 0 Å². The van der Waals surface area contributed by atoms with E-state index in [1.807, 2.05) is 146 Å². The molecule has 0 radical (unpaired) electrons. The van der Waals surface area contributed by atoms with Crippen molar-refractivity contribution in [1.82, 2.24) is 0 Å². The van der Waals surface area contributed by atoms with Crippen LogP contribution in [-0.2, 0) is 18.9 Å². The molecule has 60 heavy (non-hydrogen) atoms. The smallest absolute Gasteiger partial charge is 0.131 e. The van der Waals surface area contributed by atoms with E-state index in [9.17, 15) is 0 Å². The number of hydrogen-bond donors (Lipinski definition) is 0. The van der Waals surface area contributed by atoms with Crippen LogP contribution < -0.4 is 37.9 Å². The highest BCUT2D eigenvalue weighted by Crippen LogP contribution is 2.40. The van der Waals surface area contributed by atoms with E-state index in [0.717, 1.165) is 36.2 Å². The molecule has 4 aliphatic rings. The highest BCUT2D eigenvalue weighted by Gasteiger charge is 2.57. The number of ether oxygens (including phenoxy) is 12. The van der Waals surface area contributed by atoms with Gasteiger partial charge < -0.3 is 56.8 Å². The molecular formula is C48H42O12. The molecule has 6 atom stereocenters. The van der Waals surface area contributed by atoms with Gasteiger partial charge in [-0.1, -0.05) is 18.2 Å². The third-order valence-corrected chi connectivity index (χ3v) is 9.90. The fourth-order valence-corrected chi connectivity index (χ4v) is 6.41. The summed E-state index contributed by atoms with van der Waals surface area (Å²) in [4.78, 5) is 0. The van der Waals surface area contributed by atoms with Crippen LogP contribution in [0.2, 0.25) is 0 Å². The molecule has 4 fully saturated rings. The summed E-state index contributed by atoms with van der Waals surface area (Å²) in [5, 5.41) is 0. The van der Waals surface area contributed by atoms with Gasteiger partial charge in [0.25, 0.3) is 0 Å². The minimum absolute atomic E-state index is 0.0227. The SMILES string of the molecule is c1cc(OCC2CO2)cc(Oc2cccc(Oc3cccc(OCC4OC4C4OC4COc4ccc(Oc5ccc(Oc6ccc(OCC7CO7)cc6)cc5)cc4)c3)c2)c1. The number of hydrogen-bond acceptors (Lipinski definition) is 12. The lowest BCUT2D eigenvalue weighted by Crippen LogP contribution is -2.15. The maximum absolute atomic E-state index is 6.15. The predicted octanol–water partition coefficient (Wildman–Crippen LogP) is 9.40. The van der Waals surface area contributed by atoms with Gasteiger partial charge >= 0.3 is 0 Å². The highest BCUT2D eigenvalue weighted by atomic mass is 16.7. The molecule has 6 aromatic rings. The quantitative estimate of drug-likeness (QED) is 0.0644. The molecule has 0 N–H and O–H groups in total. The maximum atomic E-state index is 6.15. The van der Waals surface area contributed by atoms with Gasteiger partial charge in [0.05, 0.1) is 13.2 Å². The third kappa shape index (κ3) is 10.6. The van der Waals surface area contributed by atoms with Gasteiger partial charge in [0.2, 0.25) is 0 Å². The fourth-order valence-electron chi connectivity index (χ4n) is 6.41. The lowest BCUT2D eigenvalue weighted by Gasteiger charge is -2.11. The Morgan fingerprint density at radius 2 is 0.617 bits per heavy atom. The van der Waals surface area contributed by atoms with Gasteiger partial charge in [-0.3, -0.25) is 0 Å². The van der Waals surface area contributed by atoms with Crippen LogP contribution in [0.4, 0.5) is 0 Å². The first kappa shape index (κ1) is 37.8. The van der Waals surface area contributed by atoms with Crippen molar-refractivity contribution in [2.75, 3.05) is 39.6 Å². The number of rotatable bonds is 21. The molecule has 306 valence electrons. The Bertz CT molecular complexity index is 2340. The topological polar surface area (TPSA) is 124 Å². The highest BCUT2D eigenvalue weighted by molar-refractivity contribution is 5.43. The van der Waals surface area contributed by atoms with Crippen molar-refractivity contribution >= 4 is 0 Å². The second-order valence-electron chi connectivity index (χ2n) is 14.7. The van der Waals surface area contributed by atoms with Crippen LogP contribution in [-0.4, -0.2) is 76.3 Å². The molecule has 6 unspecified atom stereocenters. The maximum Gasteiger partial charge on any atom is 0.131 e. The summed E-state index contributed by atoms with van der Waals surface area (Å²) in [7, 11) is 0. The van der Waals surface area contributed by atoms with Gasteiger partial charge in [-0.2, -0.15) is 0 Å². The van der Waals surface area contributed by atoms with E-state index in [1.54, 1.807) is 0 Å². The van der Waals surface area contributed by atoms with E-state index in [-0.39, 0.29) is 36.6 Å². The van der Waals surface area contributed by atoms with Gasteiger partial charge in [0.15, 0.2) is 0 Å². The molecule has 0 spiro atoms. The van der Waals surface area contributed by atoms with Crippen molar-refractivity contribution in [2.45, 2.75) is 36.6 Å². The molecule has 0 bridgehead atoms. The van der Waals surface area contributed by atoms with Crippen LogP contribution in [0.15, 0.2) is 146 Å². The zero-order chi connectivity index (χ0) is 40.1. The molecule has 12 nitrogen and oxygen atoms in total. The predicted molar refractivity (Wildman–Crippen MR) is 218 cm³/mol. The molecule has 10 rings (SSSR count). The summed E-state index contributed by atoms with van der Waals surface area (Å²) >= 11 is 0. The molecule has 12 heteroatoms. The molecular weight excluding hydrogens is 769 g/mol. The van der Waals surface area contributed by atoms with Crippen LogP contribution in [0.3, 0.4) is 0 Å². The van der Waals surface area contributed by atoms with Crippen molar-refractivity contribution in [1.29, 1.82) is 0 Å². The standard InChI is InChI=1S/C48H42O12/c1-4-37(50-26-44-28-52-44)22-39(6-1)57-41-8-3-9-42(24-41)58-40-7-2-5-38(23-40)54-30-46-48(60-46)47-45(59-47)29-53-32-12-16-34(17-13-32)56-36-20-18-35(19-21-36)55-33-14-10-31(11-15-33)49-25-43-27-51-43/h1-24,43-48H,25-30H2. The first-order valence-corrected chi connectivity index (χ1v) is 20.0. The average Bonchev–Trinajstić information content (AvgIpc) is 4.05. The Morgan fingerprint density at radius 1 is 0.333 bits per heavy atom. The Balaban J connectivity index is 0.626. The normalized spacial score (nSPS) is 21.9. The van der Waals surface area contributed by atoms with Crippen molar-refractivity contribution in [3.8, 4) is 69.0 Å². The Labute approximate surface area is 346 Å². The summed E-state index contributed by atoms with van der Waals surface area (Å²) in [5.41, 5.74) is 0. The van der Waals surface area contributed by atoms with Crippen LogP contribution in [0.5, 0.6) is 69.0 Å². The van der Waals surface area contributed by atoms with Gasteiger partial charge in [-0.25, -0.2) is 0 Å². The third-order valence-electron chi connectivity index (χ3n) is 9.90. The van der Waals surface area contributed by atoms with Gasteiger partial charge in [0, 0.05) is 18.2 Å². The second kappa shape index (κ2) is 17.4. The van der Waals surface area contributed by atoms with E-state index in [1.165, 1.54) is 0 Å². The van der Waals surface area contributed by atoms with Crippen molar-refractivity contribution in [2.24, 2.45) is 0 Å². The molecule has 4 heterocycles. The molecule has 6 aromatic carbocycles. The molecule has 0 aromatic heterocycles. The Hall–Kier alpha value is -6.44. The molecule has 0 aliphatic carbocycles. The first-order valence-electron chi connectivity index (χ1n) is 20.0. The Morgan fingerprint density at radius 3 is 1.00 bits per heavy atom. The lowest BCUT2D eigenvalue weighted by molar-refractivity contribution is 0.250. The minimum atomic E-state index is -0.0550. The largest absolute Gasteiger partial charge is 0.491 e. The van der Waals surface area contributed by atoms with Gasteiger partial charge in [-0.15, -0.1) is 0 Å². The molecule has 4 aliphatic heterocycles. The van der Waals surface area contributed by atoms with E-state index in [0.29, 0.717) is 72.4 Å². The van der Waals surface area contributed by atoms with Crippen molar-refractivity contribution in [3.05, 3.63) is 146 Å². The van der Waals surface area contributed by atoms with Crippen LogP contribution in [0.1, 0.15) is 0 Å². The van der Waals surface area contributed by atoms with Crippen LogP contribution in [0, 0.1) is 0 Å². The second-order valence-corrected chi connectivity index (χ2v) is 14.7. The zero-order valence-electron chi connectivity index (χ0n) is 32.5. The first-order chi connectivity index (χ1) is 29.6. The fraction of sp³-hybridized carbons (Fsp3) is 0.250. The van der Waals surface area contributed by atoms with Crippen molar-refractivity contribution in [3.63, 3.8) is 0 Å². The van der Waals surface area contributed by atoms with E-state index >= 15 is 0 Å². The van der Waals surface area contributed by atoms with Crippen LogP contribution >= 0.6 is 0 Å². The average molecular weight is 811 g/mol. The van der Waals surface area contributed by atoms with Crippen molar-refractivity contribution < 1.29 is 56.8 Å². The Kier molecular flexibility index (Phi) is 11.0. The minimum Gasteiger partial charge on any atom is -0.491 e. The van der Waals surface area contributed by atoms with E-state index < -0.39 is 0 Å². The van der Waals surface area contributed by atoms with Gasteiger partial charge in [0.1, 0.15) is 132 Å². The molecule has 0 amide bonds. The zero-order valence-corrected chi connectivity index (χ0v) is 32.5. The number of epoxide rings is 4. The van der Waals surface area contributed by atoms with Gasteiger partial charge in [-0.05, 0) is 109 Å². The molecule has 4 saturated heterocycles.